The van der Waals surface area contributed by atoms with E-state index >= 15 is 0 Å². The molecule has 1 aliphatic rings. The molecule has 2 atom stereocenters. The van der Waals surface area contributed by atoms with Crippen LogP contribution in [0.1, 0.15) is 17.2 Å². The quantitative estimate of drug-likeness (QED) is 0.862. The molecule has 4 nitrogen and oxygen atoms in total. The predicted octanol–water partition coefficient (Wildman–Crippen LogP) is 3.01. The van der Waals surface area contributed by atoms with Gasteiger partial charge in [0.2, 0.25) is 0 Å². The molecule has 2 aromatic rings. The lowest BCUT2D eigenvalue weighted by Crippen LogP contribution is -2.26. The number of ether oxygens (including phenoxy) is 1. The van der Waals surface area contributed by atoms with Gasteiger partial charge in [0.15, 0.2) is 39.4 Å². The highest BCUT2D eigenvalue weighted by molar-refractivity contribution is 7.91. The molecular weight excluding hydrogens is 324 g/mol. The number of nitrogens with zero attached hydrogens (tertiary/aromatic N) is 1. The Balaban J connectivity index is 1.88. The van der Waals surface area contributed by atoms with Crippen LogP contribution in [-0.4, -0.2) is 20.2 Å². The van der Waals surface area contributed by atoms with Crippen molar-refractivity contribution in [2.24, 2.45) is 4.99 Å². The molecule has 2 aromatic carbocycles. The zero-order chi connectivity index (χ0) is 16.4. The molecule has 0 spiro atoms. The molecule has 0 bridgehead atoms. The molecule has 1 aliphatic heterocycles. The van der Waals surface area contributed by atoms with Crippen molar-refractivity contribution in [2.75, 3.05) is 0 Å². The highest BCUT2D eigenvalue weighted by atomic mass is 32.2. The molecule has 0 saturated heterocycles. The molecule has 2 unspecified atom stereocenters. The van der Waals surface area contributed by atoms with Gasteiger partial charge in [-0.05, 0) is 23.3 Å². The molecule has 3 rings (SSSR count). The highest BCUT2D eigenvalue weighted by Gasteiger charge is 2.38. The van der Waals surface area contributed by atoms with Gasteiger partial charge in [-0.25, -0.2) is 22.2 Å². The first-order chi connectivity index (χ1) is 11.0. The van der Waals surface area contributed by atoms with Crippen LogP contribution in [0.25, 0.3) is 0 Å². The summed E-state index contributed by atoms with van der Waals surface area (Å²) in [5, 5.41) is -1.19. The fourth-order valence-corrected chi connectivity index (χ4v) is 4.07. The Labute approximate surface area is 132 Å². The molecule has 0 fully saturated rings. The zero-order valence-electron chi connectivity index (χ0n) is 11.9. The fraction of sp³-hybridized carbons (Fsp3) is 0.188. The predicted molar refractivity (Wildman–Crippen MR) is 81.5 cm³/mol. The second-order valence-corrected chi connectivity index (χ2v) is 7.27. The van der Waals surface area contributed by atoms with Gasteiger partial charge in [-0.3, -0.25) is 0 Å². The van der Waals surface area contributed by atoms with E-state index in [2.05, 4.69) is 4.99 Å². The van der Waals surface area contributed by atoms with Crippen LogP contribution in [0.2, 0.25) is 0 Å². The van der Waals surface area contributed by atoms with Crippen LogP contribution < -0.4 is 0 Å². The van der Waals surface area contributed by atoms with Gasteiger partial charge < -0.3 is 4.74 Å². The molecule has 7 heteroatoms. The van der Waals surface area contributed by atoms with E-state index in [9.17, 15) is 17.2 Å². The molecule has 23 heavy (non-hydrogen) atoms. The van der Waals surface area contributed by atoms with Crippen LogP contribution in [0, 0.1) is 11.6 Å². The lowest BCUT2D eigenvalue weighted by atomic mass is 10.1. The van der Waals surface area contributed by atoms with Crippen molar-refractivity contribution < 1.29 is 21.9 Å². The Morgan fingerprint density at radius 3 is 2.48 bits per heavy atom. The third-order valence-corrected chi connectivity index (χ3v) is 5.37. The number of halogens is 2. The van der Waals surface area contributed by atoms with E-state index in [0.717, 1.165) is 18.5 Å². The van der Waals surface area contributed by atoms with Crippen LogP contribution in [0.5, 0.6) is 0 Å². The Morgan fingerprint density at radius 2 is 1.78 bits per heavy atom. The normalized spacial score (nSPS) is 20.4. The van der Waals surface area contributed by atoms with Crippen molar-refractivity contribution in [1.29, 1.82) is 0 Å². The molecule has 0 saturated carbocycles. The van der Waals surface area contributed by atoms with Gasteiger partial charge in [-0.15, -0.1) is 0 Å². The van der Waals surface area contributed by atoms with Crippen LogP contribution in [0.4, 0.5) is 8.78 Å². The maximum absolute atomic E-state index is 13.4. The van der Waals surface area contributed by atoms with Gasteiger partial charge >= 0.3 is 0 Å². The van der Waals surface area contributed by atoms with E-state index in [1.165, 1.54) is 6.07 Å². The molecule has 0 amide bonds. The number of rotatable bonds is 4. The van der Waals surface area contributed by atoms with E-state index in [-0.39, 0.29) is 11.3 Å². The first-order valence-corrected chi connectivity index (χ1v) is 8.56. The summed E-state index contributed by atoms with van der Waals surface area (Å²) in [6.07, 6.45) is 0.0536. The lowest BCUT2D eigenvalue weighted by molar-refractivity contribution is 0.226. The van der Waals surface area contributed by atoms with E-state index < -0.39 is 32.9 Å². The number of sulfone groups is 1. The average Bonchev–Trinajstić information content (AvgIpc) is 3.01. The van der Waals surface area contributed by atoms with Gasteiger partial charge in [0.1, 0.15) is 0 Å². The van der Waals surface area contributed by atoms with E-state index in [0.29, 0.717) is 5.56 Å². The van der Waals surface area contributed by atoms with Gasteiger partial charge in [-0.1, -0.05) is 36.4 Å². The molecule has 0 aliphatic carbocycles. The molecule has 120 valence electrons. The SMILES string of the molecule is O=S(=O)(Cc1ccccc1)C1N=COC1c1ccc(F)c(F)c1. The summed E-state index contributed by atoms with van der Waals surface area (Å²) < 4.78 is 56.8. The number of aliphatic imine (C=N–C) groups is 1. The summed E-state index contributed by atoms with van der Waals surface area (Å²) >= 11 is 0. The van der Waals surface area contributed by atoms with Gasteiger partial charge in [0.25, 0.3) is 0 Å². The molecule has 1 heterocycles. The van der Waals surface area contributed by atoms with Crippen LogP contribution >= 0.6 is 0 Å². The van der Waals surface area contributed by atoms with E-state index in [4.69, 9.17) is 4.74 Å². The van der Waals surface area contributed by atoms with Gasteiger partial charge in [-0.2, -0.15) is 0 Å². The standard InChI is InChI=1S/C16H13F2NO3S/c17-13-7-6-12(8-14(13)18)15-16(19-10-22-15)23(20,21)9-11-4-2-1-3-5-11/h1-8,10,15-16H,9H2. The second kappa shape index (κ2) is 6.08. The zero-order valence-corrected chi connectivity index (χ0v) is 12.7. The van der Waals surface area contributed by atoms with Crippen LogP contribution in [0.15, 0.2) is 53.5 Å². The maximum atomic E-state index is 13.4. The molecule has 0 aromatic heterocycles. The third-order valence-electron chi connectivity index (χ3n) is 3.53. The van der Waals surface area contributed by atoms with Crippen LogP contribution in [0.3, 0.4) is 0 Å². The monoisotopic (exact) mass is 337 g/mol. The molecule has 0 N–H and O–H groups in total. The summed E-state index contributed by atoms with van der Waals surface area (Å²) in [5.41, 5.74) is 0.849. The van der Waals surface area contributed by atoms with Crippen molar-refractivity contribution in [3.05, 3.63) is 71.3 Å². The topological polar surface area (TPSA) is 55.7 Å². The summed E-state index contributed by atoms with van der Waals surface area (Å²) in [6, 6.07) is 11.8. The minimum Gasteiger partial charge on any atom is -0.472 e. The van der Waals surface area contributed by atoms with Gasteiger partial charge in [0, 0.05) is 0 Å². The molecule has 0 radical (unpaired) electrons. The van der Waals surface area contributed by atoms with Crippen molar-refractivity contribution in [2.45, 2.75) is 17.2 Å². The molecular formula is C16H13F2NO3S. The van der Waals surface area contributed by atoms with Crippen molar-refractivity contribution >= 4 is 16.2 Å². The minimum absolute atomic E-state index is 0.209. The summed E-state index contributed by atoms with van der Waals surface area (Å²) in [7, 11) is -3.67. The first-order valence-electron chi connectivity index (χ1n) is 6.85. The Bertz CT molecular complexity index is 838. The Morgan fingerprint density at radius 1 is 1.04 bits per heavy atom. The van der Waals surface area contributed by atoms with Crippen molar-refractivity contribution in [3.63, 3.8) is 0 Å². The van der Waals surface area contributed by atoms with Crippen LogP contribution in [-0.2, 0) is 20.3 Å². The van der Waals surface area contributed by atoms with Crippen molar-refractivity contribution in [3.8, 4) is 0 Å². The fourth-order valence-electron chi connectivity index (χ4n) is 2.41. The largest absolute Gasteiger partial charge is 0.472 e. The van der Waals surface area contributed by atoms with E-state index in [1.807, 2.05) is 0 Å². The highest BCUT2D eigenvalue weighted by Crippen LogP contribution is 2.32. The average molecular weight is 337 g/mol. The summed E-state index contributed by atoms with van der Waals surface area (Å²) in [4.78, 5) is 3.86. The summed E-state index contributed by atoms with van der Waals surface area (Å²) in [5.74, 6) is -2.27. The maximum Gasteiger partial charge on any atom is 0.195 e. The second-order valence-electron chi connectivity index (χ2n) is 5.17. The number of benzene rings is 2. The number of hydrogen-bond donors (Lipinski definition) is 0. The van der Waals surface area contributed by atoms with E-state index in [1.54, 1.807) is 30.3 Å². The number of hydrogen-bond acceptors (Lipinski definition) is 4. The Kier molecular flexibility index (Phi) is 4.12. The lowest BCUT2D eigenvalue weighted by Gasteiger charge is -2.18. The smallest absolute Gasteiger partial charge is 0.195 e. The minimum atomic E-state index is -3.67. The van der Waals surface area contributed by atoms with Crippen molar-refractivity contribution in [1.82, 2.24) is 0 Å². The summed E-state index contributed by atoms with van der Waals surface area (Å²) in [6.45, 7) is 0. The Hall–Kier alpha value is -2.28. The third kappa shape index (κ3) is 3.24. The first kappa shape index (κ1) is 15.6. The van der Waals surface area contributed by atoms with Gasteiger partial charge in [0.05, 0.1) is 5.75 Å².